The van der Waals surface area contributed by atoms with Gasteiger partial charge in [0.2, 0.25) is 5.91 Å². The zero-order chi connectivity index (χ0) is 15.6. The van der Waals surface area contributed by atoms with E-state index in [9.17, 15) is 4.79 Å². The molecule has 1 aromatic carbocycles. The summed E-state index contributed by atoms with van der Waals surface area (Å²) in [4.78, 5) is 24.4. The molecule has 3 heterocycles. The van der Waals surface area contributed by atoms with E-state index in [1.54, 1.807) is 11.7 Å². The Labute approximate surface area is 139 Å². The van der Waals surface area contributed by atoms with Gasteiger partial charge in [0.15, 0.2) is 5.58 Å². The maximum absolute atomic E-state index is 12.0. The average Bonchev–Trinajstić information content (AvgIpc) is 3.20. The molecule has 1 amide bonds. The first-order chi connectivity index (χ1) is 11.3. The zero-order valence-electron chi connectivity index (χ0n) is 11.7. The van der Waals surface area contributed by atoms with Crippen LogP contribution in [0.25, 0.3) is 22.1 Å². The van der Waals surface area contributed by atoms with E-state index < -0.39 is 0 Å². The minimum absolute atomic E-state index is 0.109. The largest absolute Gasteiger partial charge is 0.451 e. The van der Waals surface area contributed by atoms with Gasteiger partial charge in [0.25, 0.3) is 0 Å². The van der Waals surface area contributed by atoms with Crippen molar-refractivity contribution in [3.05, 3.63) is 42.3 Å². The quantitative estimate of drug-likeness (QED) is 0.451. The second-order valence-electron chi connectivity index (χ2n) is 4.66. The lowest BCUT2D eigenvalue weighted by Gasteiger charge is -2.02. The van der Waals surface area contributed by atoms with Gasteiger partial charge in [-0.05, 0) is 12.1 Å². The van der Waals surface area contributed by atoms with Crippen LogP contribution < -0.4 is 5.32 Å². The third kappa shape index (κ3) is 2.78. The van der Waals surface area contributed by atoms with Crippen molar-refractivity contribution in [2.45, 2.75) is 5.03 Å². The molecule has 3 aromatic heterocycles. The van der Waals surface area contributed by atoms with E-state index in [2.05, 4.69) is 20.3 Å². The smallest absolute Gasteiger partial charge is 0.235 e. The number of thiazole rings is 1. The fourth-order valence-corrected chi connectivity index (χ4v) is 3.45. The Kier molecular flexibility index (Phi) is 3.68. The highest BCUT2D eigenvalue weighted by molar-refractivity contribution is 8.00. The molecule has 0 aliphatic heterocycles. The van der Waals surface area contributed by atoms with Crippen molar-refractivity contribution in [2.24, 2.45) is 0 Å². The van der Waals surface area contributed by atoms with E-state index in [0.29, 0.717) is 10.6 Å². The number of benzene rings is 1. The van der Waals surface area contributed by atoms with Crippen LogP contribution in [0.5, 0.6) is 0 Å². The molecule has 8 heteroatoms. The molecule has 23 heavy (non-hydrogen) atoms. The Balaban J connectivity index is 1.58. The molecule has 0 fully saturated rings. The number of anilines is 1. The Morgan fingerprint density at radius 2 is 2.22 bits per heavy atom. The number of hydrogen-bond donors (Lipinski definition) is 1. The van der Waals surface area contributed by atoms with Crippen LogP contribution in [0.4, 0.5) is 5.00 Å². The molecule has 0 spiro atoms. The molecular weight excluding hydrogens is 332 g/mol. The number of amides is 1. The van der Waals surface area contributed by atoms with E-state index in [1.165, 1.54) is 29.4 Å². The van der Waals surface area contributed by atoms with Crippen LogP contribution in [-0.2, 0) is 4.79 Å². The monoisotopic (exact) mass is 342 g/mol. The zero-order valence-corrected chi connectivity index (χ0v) is 13.4. The van der Waals surface area contributed by atoms with Crippen LogP contribution >= 0.6 is 23.1 Å². The fourth-order valence-electron chi connectivity index (χ4n) is 2.19. The number of furan rings is 1. The molecule has 0 atom stereocenters. The van der Waals surface area contributed by atoms with Crippen LogP contribution in [0.1, 0.15) is 0 Å². The lowest BCUT2D eigenvalue weighted by Crippen LogP contribution is -2.13. The second-order valence-corrected chi connectivity index (χ2v) is 6.51. The molecular formula is C15H10N4O2S2. The normalized spacial score (nSPS) is 11.1. The highest BCUT2D eigenvalue weighted by Crippen LogP contribution is 2.32. The Hall–Kier alpha value is -2.45. The standard InChI is InChI=1S/C15H10N4O2S2/c20-11(19-12-5-16-8-23-12)6-22-15-14-13(17-7-18-15)9-3-1-2-4-10(9)21-14/h1-5,7-8H,6H2,(H,19,20). The van der Waals surface area contributed by atoms with Gasteiger partial charge in [0, 0.05) is 5.39 Å². The number of carbonyl (C=O) groups is 1. The first kappa shape index (κ1) is 14.2. The summed E-state index contributed by atoms with van der Waals surface area (Å²) in [6, 6.07) is 7.70. The van der Waals surface area contributed by atoms with Crippen LogP contribution in [0.15, 0.2) is 51.7 Å². The van der Waals surface area contributed by atoms with Gasteiger partial charge < -0.3 is 9.73 Å². The topological polar surface area (TPSA) is 80.9 Å². The van der Waals surface area contributed by atoms with Gasteiger partial charge in [0.05, 0.1) is 17.5 Å². The van der Waals surface area contributed by atoms with Crippen LogP contribution in [0.3, 0.4) is 0 Å². The molecule has 0 unspecified atom stereocenters. The number of carbonyl (C=O) groups excluding carboxylic acids is 1. The molecule has 0 saturated carbocycles. The van der Waals surface area contributed by atoms with Gasteiger partial charge in [-0.25, -0.2) is 9.97 Å². The van der Waals surface area contributed by atoms with E-state index in [4.69, 9.17) is 4.42 Å². The molecule has 4 rings (SSSR count). The Morgan fingerprint density at radius 1 is 1.30 bits per heavy atom. The minimum atomic E-state index is -0.109. The summed E-state index contributed by atoms with van der Waals surface area (Å²) >= 11 is 2.70. The van der Waals surface area contributed by atoms with Crippen molar-refractivity contribution in [1.82, 2.24) is 15.0 Å². The molecule has 0 bridgehead atoms. The predicted molar refractivity (Wildman–Crippen MR) is 90.8 cm³/mol. The van der Waals surface area contributed by atoms with E-state index in [1.807, 2.05) is 24.3 Å². The van der Waals surface area contributed by atoms with Crippen molar-refractivity contribution in [3.63, 3.8) is 0 Å². The number of para-hydroxylation sites is 1. The molecule has 6 nitrogen and oxygen atoms in total. The maximum atomic E-state index is 12.0. The summed E-state index contributed by atoms with van der Waals surface area (Å²) < 4.78 is 5.84. The average molecular weight is 342 g/mol. The van der Waals surface area contributed by atoms with Crippen molar-refractivity contribution >= 4 is 56.1 Å². The molecule has 0 radical (unpaired) electrons. The first-order valence-electron chi connectivity index (χ1n) is 6.74. The maximum Gasteiger partial charge on any atom is 0.235 e. The summed E-state index contributed by atoms with van der Waals surface area (Å²) in [5.41, 5.74) is 3.81. The summed E-state index contributed by atoms with van der Waals surface area (Å²) in [5, 5.41) is 5.12. The third-order valence-electron chi connectivity index (χ3n) is 3.16. The lowest BCUT2D eigenvalue weighted by atomic mass is 10.2. The van der Waals surface area contributed by atoms with E-state index >= 15 is 0 Å². The van der Waals surface area contributed by atoms with Gasteiger partial charge in [0.1, 0.15) is 27.5 Å². The van der Waals surface area contributed by atoms with Crippen LogP contribution in [0, 0.1) is 0 Å². The number of hydrogen-bond acceptors (Lipinski definition) is 7. The van der Waals surface area contributed by atoms with Crippen molar-refractivity contribution in [2.75, 3.05) is 11.1 Å². The summed E-state index contributed by atoms with van der Waals surface area (Å²) in [6.45, 7) is 0. The molecule has 114 valence electrons. The van der Waals surface area contributed by atoms with Crippen molar-refractivity contribution in [1.29, 1.82) is 0 Å². The van der Waals surface area contributed by atoms with Gasteiger partial charge in [-0.3, -0.25) is 9.78 Å². The number of aromatic nitrogens is 3. The van der Waals surface area contributed by atoms with Crippen molar-refractivity contribution < 1.29 is 9.21 Å². The molecule has 1 N–H and O–H groups in total. The van der Waals surface area contributed by atoms with Gasteiger partial charge in [-0.1, -0.05) is 23.9 Å². The van der Waals surface area contributed by atoms with E-state index in [0.717, 1.165) is 21.5 Å². The fraction of sp³-hybridized carbons (Fsp3) is 0.0667. The summed E-state index contributed by atoms with van der Waals surface area (Å²) in [5.74, 6) is 0.128. The van der Waals surface area contributed by atoms with Gasteiger partial charge >= 0.3 is 0 Å². The Morgan fingerprint density at radius 3 is 3.09 bits per heavy atom. The highest BCUT2D eigenvalue weighted by Gasteiger charge is 2.14. The Bertz CT molecular complexity index is 982. The second kappa shape index (κ2) is 5.98. The summed E-state index contributed by atoms with van der Waals surface area (Å²) in [7, 11) is 0. The van der Waals surface area contributed by atoms with Crippen LogP contribution in [0.2, 0.25) is 0 Å². The molecule has 4 aromatic rings. The number of thioether (sulfide) groups is 1. The van der Waals surface area contributed by atoms with Gasteiger partial charge in [-0.15, -0.1) is 11.3 Å². The van der Waals surface area contributed by atoms with Crippen molar-refractivity contribution in [3.8, 4) is 0 Å². The van der Waals surface area contributed by atoms with Crippen LogP contribution in [-0.4, -0.2) is 26.6 Å². The third-order valence-corrected chi connectivity index (χ3v) is 4.82. The van der Waals surface area contributed by atoms with E-state index in [-0.39, 0.29) is 11.7 Å². The molecule has 0 aliphatic rings. The summed E-state index contributed by atoms with van der Waals surface area (Å²) in [6.07, 6.45) is 3.11. The molecule has 0 aliphatic carbocycles. The first-order valence-corrected chi connectivity index (χ1v) is 8.61. The SMILES string of the molecule is O=C(CSc1ncnc2c1oc1ccccc12)Nc1cncs1. The minimum Gasteiger partial charge on any atom is -0.451 e. The lowest BCUT2D eigenvalue weighted by molar-refractivity contribution is -0.113. The highest BCUT2D eigenvalue weighted by atomic mass is 32.2. The number of fused-ring (bicyclic) bond motifs is 3. The van der Waals surface area contributed by atoms with Gasteiger partial charge in [-0.2, -0.15) is 0 Å². The predicted octanol–water partition coefficient (Wildman–Crippen LogP) is 3.56. The number of nitrogens with zero attached hydrogens (tertiary/aromatic N) is 3. The number of nitrogens with one attached hydrogen (secondary N) is 1. The number of rotatable bonds is 4. The molecule has 0 saturated heterocycles.